The van der Waals surface area contributed by atoms with Crippen molar-refractivity contribution >= 4 is 6.29 Å². The van der Waals surface area contributed by atoms with Gasteiger partial charge >= 0.3 is 0 Å². The van der Waals surface area contributed by atoms with Crippen LogP contribution in [-0.2, 0) is 4.79 Å². The van der Waals surface area contributed by atoms with E-state index < -0.39 is 0 Å². The summed E-state index contributed by atoms with van der Waals surface area (Å²) in [6, 6.07) is 0. The molecule has 1 nitrogen and oxygen atoms in total. The second-order valence-electron chi connectivity index (χ2n) is 1.96. The van der Waals surface area contributed by atoms with Gasteiger partial charge in [0.05, 0.1) is 0 Å². The fraction of sp³-hybridized carbons (Fsp3) is 0.625. The third-order valence-corrected chi connectivity index (χ3v) is 1.09. The Morgan fingerprint density at radius 1 is 1.44 bits per heavy atom. The maximum atomic E-state index is 9.66. The second kappa shape index (κ2) is 7.41. The first-order valence-corrected chi connectivity index (χ1v) is 3.41. The molecule has 0 aromatic carbocycles. The lowest BCUT2D eigenvalue weighted by molar-refractivity contribution is 0.556. The molecule has 0 unspecified atom stereocenters. The topological polar surface area (TPSA) is 17.1 Å². The average Bonchev–Trinajstić information content (AvgIpc) is 1.89. The Balaban J connectivity index is 2.94. The first kappa shape index (κ1) is 8.41. The van der Waals surface area contributed by atoms with E-state index in [0.29, 0.717) is 6.42 Å². The standard InChI is InChI=1S/C8H13O/c1-2-3-4-5-6-7-8-9/h5-6H,2-4,7H2,1H3/b6-5+. The van der Waals surface area contributed by atoms with Crippen molar-refractivity contribution in [1.29, 1.82) is 0 Å². The van der Waals surface area contributed by atoms with Gasteiger partial charge in [-0.2, -0.15) is 0 Å². The van der Waals surface area contributed by atoms with Crippen molar-refractivity contribution < 1.29 is 4.79 Å². The first-order chi connectivity index (χ1) is 4.41. The van der Waals surface area contributed by atoms with Crippen LogP contribution in [0.25, 0.3) is 0 Å². The van der Waals surface area contributed by atoms with Gasteiger partial charge in [0.1, 0.15) is 0 Å². The van der Waals surface area contributed by atoms with E-state index in [1.54, 1.807) is 0 Å². The van der Waals surface area contributed by atoms with E-state index in [4.69, 9.17) is 0 Å². The molecule has 0 aliphatic carbocycles. The molecule has 0 aromatic heterocycles. The van der Waals surface area contributed by atoms with Crippen LogP contribution in [0.4, 0.5) is 0 Å². The molecule has 0 aromatic rings. The van der Waals surface area contributed by atoms with Gasteiger partial charge in [0.2, 0.25) is 6.29 Å². The molecule has 0 heterocycles. The van der Waals surface area contributed by atoms with Gasteiger partial charge in [-0.15, -0.1) is 0 Å². The molecular formula is C8H13O. The van der Waals surface area contributed by atoms with E-state index in [1.165, 1.54) is 12.8 Å². The van der Waals surface area contributed by atoms with Crippen LogP contribution in [0.3, 0.4) is 0 Å². The summed E-state index contributed by atoms with van der Waals surface area (Å²) in [6.45, 7) is 2.15. The maximum Gasteiger partial charge on any atom is 0.202 e. The number of allylic oxidation sites excluding steroid dienone is 2. The van der Waals surface area contributed by atoms with Crippen molar-refractivity contribution in [1.82, 2.24) is 0 Å². The minimum Gasteiger partial charge on any atom is -0.291 e. The molecule has 1 heteroatoms. The summed E-state index contributed by atoms with van der Waals surface area (Å²) >= 11 is 0. The first-order valence-electron chi connectivity index (χ1n) is 3.41. The molecule has 0 saturated carbocycles. The van der Waals surface area contributed by atoms with Crippen molar-refractivity contribution in [3.8, 4) is 0 Å². The largest absolute Gasteiger partial charge is 0.291 e. The lowest BCUT2D eigenvalue weighted by atomic mass is 10.2. The van der Waals surface area contributed by atoms with Crippen molar-refractivity contribution in [2.75, 3.05) is 0 Å². The normalized spacial score (nSPS) is 10.3. The maximum absolute atomic E-state index is 9.66. The molecule has 0 amide bonds. The van der Waals surface area contributed by atoms with E-state index in [0.717, 1.165) is 6.42 Å². The smallest absolute Gasteiger partial charge is 0.202 e. The average molecular weight is 125 g/mol. The van der Waals surface area contributed by atoms with Gasteiger partial charge < -0.3 is 0 Å². The molecule has 0 aliphatic rings. The highest BCUT2D eigenvalue weighted by atomic mass is 16.1. The molecule has 0 atom stereocenters. The highest BCUT2D eigenvalue weighted by Crippen LogP contribution is 1.94. The summed E-state index contributed by atoms with van der Waals surface area (Å²) in [5.74, 6) is 0. The fourth-order valence-electron chi connectivity index (χ4n) is 0.571. The second-order valence-corrected chi connectivity index (χ2v) is 1.96. The zero-order valence-corrected chi connectivity index (χ0v) is 5.89. The number of unbranched alkanes of at least 4 members (excludes halogenated alkanes) is 2. The Hall–Kier alpha value is -0.590. The summed E-state index contributed by atoms with van der Waals surface area (Å²) in [5.41, 5.74) is 0. The van der Waals surface area contributed by atoms with Gasteiger partial charge in [-0.3, -0.25) is 4.79 Å². The van der Waals surface area contributed by atoms with Gasteiger partial charge in [-0.25, -0.2) is 0 Å². The van der Waals surface area contributed by atoms with Crippen molar-refractivity contribution in [3.63, 3.8) is 0 Å². The molecule has 0 aliphatic heterocycles. The molecule has 0 saturated heterocycles. The van der Waals surface area contributed by atoms with E-state index in [2.05, 4.69) is 6.92 Å². The van der Waals surface area contributed by atoms with E-state index >= 15 is 0 Å². The molecule has 51 valence electrons. The minimum atomic E-state index is 0.448. The van der Waals surface area contributed by atoms with Crippen LogP contribution in [0.5, 0.6) is 0 Å². The molecule has 0 bridgehead atoms. The van der Waals surface area contributed by atoms with Crippen LogP contribution in [-0.4, -0.2) is 6.29 Å². The van der Waals surface area contributed by atoms with Crippen LogP contribution < -0.4 is 0 Å². The number of rotatable bonds is 5. The van der Waals surface area contributed by atoms with Crippen molar-refractivity contribution in [2.45, 2.75) is 32.6 Å². The molecular weight excluding hydrogens is 112 g/mol. The van der Waals surface area contributed by atoms with Crippen LogP contribution in [0.15, 0.2) is 12.2 Å². The lowest BCUT2D eigenvalue weighted by Gasteiger charge is -1.85. The molecule has 1 radical (unpaired) electrons. The monoisotopic (exact) mass is 125 g/mol. The Kier molecular flexibility index (Phi) is 6.92. The zero-order chi connectivity index (χ0) is 6.95. The van der Waals surface area contributed by atoms with Crippen LogP contribution in [0.2, 0.25) is 0 Å². The fourth-order valence-corrected chi connectivity index (χ4v) is 0.571. The molecule has 0 rings (SSSR count). The number of hydrogen-bond acceptors (Lipinski definition) is 1. The lowest BCUT2D eigenvalue weighted by Crippen LogP contribution is -1.68. The number of hydrogen-bond donors (Lipinski definition) is 0. The highest BCUT2D eigenvalue weighted by molar-refractivity contribution is 5.52. The van der Waals surface area contributed by atoms with Gasteiger partial charge in [0, 0.05) is 6.42 Å². The van der Waals surface area contributed by atoms with E-state index in [9.17, 15) is 4.79 Å². The Morgan fingerprint density at radius 2 is 2.22 bits per heavy atom. The van der Waals surface area contributed by atoms with Crippen LogP contribution in [0, 0.1) is 0 Å². The Labute approximate surface area is 56.8 Å². The van der Waals surface area contributed by atoms with Crippen molar-refractivity contribution in [2.24, 2.45) is 0 Å². The van der Waals surface area contributed by atoms with Gasteiger partial charge in [-0.1, -0.05) is 31.9 Å². The summed E-state index contributed by atoms with van der Waals surface area (Å²) in [6.07, 6.45) is 9.69. The van der Waals surface area contributed by atoms with E-state index in [-0.39, 0.29) is 0 Å². The third kappa shape index (κ3) is 7.41. The predicted molar refractivity (Wildman–Crippen MR) is 39.0 cm³/mol. The quantitative estimate of drug-likeness (QED) is 0.407. The molecule has 0 spiro atoms. The number of carbonyl (C=O) groups excluding carboxylic acids is 1. The Bertz CT molecular complexity index is 84.6. The van der Waals surface area contributed by atoms with Crippen molar-refractivity contribution in [3.05, 3.63) is 12.2 Å². The highest BCUT2D eigenvalue weighted by Gasteiger charge is 1.76. The van der Waals surface area contributed by atoms with E-state index in [1.807, 2.05) is 18.4 Å². The summed E-state index contributed by atoms with van der Waals surface area (Å²) < 4.78 is 0. The zero-order valence-electron chi connectivity index (χ0n) is 5.89. The van der Waals surface area contributed by atoms with Gasteiger partial charge in [0.25, 0.3) is 0 Å². The third-order valence-electron chi connectivity index (χ3n) is 1.09. The van der Waals surface area contributed by atoms with Crippen LogP contribution >= 0.6 is 0 Å². The summed E-state index contributed by atoms with van der Waals surface area (Å²) in [7, 11) is 0. The summed E-state index contributed by atoms with van der Waals surface area (Å²) in [4.78, 5) is 9.66. The van der Waals surface area contributed by atoms with Gasteiger partial charge in [-0.05, 0) is 6.42 Å². The predicted octanol–water partition coefficient (Wildman–Crippen LogP) is 2.23. The molecule has 0 fully saturated rings. The minimum absolute atomic E-state index is 0.448. The van der Waals surface area contributed by atoms with Crippen LogP contribution in [0.1, 0.15) is 32.6 Å². The Morgan fingerprint density at radius 3 is 2.78 bits per heavy atom. The summed E-state index contributed by atoms with van der Waals surface area (Å²) in [5, 5.41) is 0. The molecule has 9 heavy (non-hydrogen) atoms. The van der Waals surface area contributed by atoms with Gasteiger partial charge in [0.15, 0.2) is 0 Å². The SMILES string of the molecule is CCCC/C=C/C[C]=O. The molecule has 0 N–H and O–H groups in total.